The topological polar surface area (TPSA) is 74.9 Å². The van der Waals surface area contributed by atoms with Crippen molar-refractivity contribution in [2.24, 2.45) is 0 Å². The van der Waals surface area contributed by atoms with Crippen LogP contribution in [-0.2, 0) is 4.74 Å². The summed E-state index contributed by atoms with van der Waals surface area (Å²) in [4.78, 5) is 4.52. The third-order valence-corrected chi connectivity index (χ3v) is 4.92. The average molecular weight is 301 g/mol. The quantitative estimate of drug-likeness (QED) is 0.790. The van der Waals surface area contributed by atoms with Crippen LogP contribution < -0.4 is 10.6 Å². The molecule has 1 atom stereocenters. The van der Waals surface area contributed by atoms with E-state index in [2.05, 4.69) is 38.8 Å². The summed E-state index contributed by atoms with van der Waals surface area (Å²) in [6.45, 7) is 6.98. The summed E-state index contributed by atoms with van der Waals surface area (Å²) in [5.74, 6) is 0.902. The van der Waals surface area contributed by atoms with Gasteiger partial charge in [0, 0.05) is 5.69 Å². The molecule has 0 amide bonds. The third-order valence-electron chi connectivity index (χ3n) is 4.92. The number of ether oxygens (including phenoxy) is 1. The van der Waals surface area contributed by atoms with Gasteiger partial charge in [-0.05, 0) is 57.8 Å². The first kappa shape index (κ1) is 14.0. The van der Waals surface area contributed by atoms with Gasteiger partial charge in [0.1, 0.15) is 0 Å². The van der Waals surface area contributed by atoms with Gasteiger partial charge in [0.05, 0.1) is 23.6 Å². The van der Waals surface area contributed by atoms with E-state index in [0.717, 1.165) is 61.5 Å². The van der Waals surface area contributed by atoms with Crippen molar-refractivity contribution in [3.8, 4) is 0 Å². The lowest BCUT2D eigenvalue weighted by atomic mass is 9.88. The number of pyridine rings is 1. The van der Waals surface area contributed by atoms with Crippen LogP contribution in [0, 0.1) is 13.8 Å². The molecule has 2 fully saturated rings. The van der Waals surface area contributed by atoms with Gasteiger partial charge in [-0.25, -0.2) is 4.98 Å². The lowest BCUT2D eigenvalue weighted by Gasteiger charge is -2.32. The Balaban J connectivity index is 1.55. The maximum atomic E-state index is 6.15. The van der Waals surface area contributed by atoms with Crippen molar-refractivity contribution in [2.75, 3.05) is 25.0 Å². The van der Waals surface area contributed by atoms with E-state index in [1.54, 1.807) is 0 Å². The molecular weight excluding hydrogens is 278 g/mol. The van der Waals surface area contributed by atoms with Crippen LogP contribution in [0.4, 0.5) is 5.82 Å². The zero-order valence-electron chi connectivity index (χ0n) is 13.2. The van der Waals surface area contributed by atoms with Crippen LogP contribution in [0.15, 0.2) is 6.07 Å². The zero-order valence-corrected chi connectivity index (χ0v) is 13.2. The van der Waals surface area contributed by atoms with E-state index in [-0.39, 0.29) is 5.60 Å². The number of aromatic amines is 1. The van der Waals surface area contributed by atoms with Crippen molar-refractivity contribution in [2.45, 2.75) is 44.8 Å². The normalized spacial score (nSPS) is 24.2. The summed E-state index contributed by atoms with van der Waals surface area (Å²) in [5.41, 5.74) is 3.14. The van der Waals surface area contributed by atoms with Crippen molar-refractivity contribution in [1.82, 2.24) is 20.5 Å². The SMILES string of the molecule is Cc1cc(C)c2c(NC3COC4(CCNCC4)C3)n[nH]c2n1. The van der Waals surface area contributed by atoms with Crippen LogP contribution in [0.1, 0.15) is 30.5 Å². The van der Waals surface area contributed by atoms with Gasteiger partial charge in [-0.1, -0.05) is 0 Å². The van der Waals surface area contributed by atoms with Crippen LogP contribution >= 0.6 is 0 Å². The van der Waals surface area contributed by atoms with Gasteiger partial charge >= 0.3 is 0 Å². The van der Waals surface area contributed by atoms with Crippen molar-refractivity contribution in [1.29, 1.82) is 0 Å². The molecule has 2 saturated heterocycles. The molecule has 0 saturated carbocycles. The lowest BCUT2D eigenvalue weighted by Crippen LogP contribution is -2.41. The molecule has 4 rings (SSSR count). The number of H-pyrrole nitrogens is 1. The first-order valence-electron chi connectivity index (χ1n) is 8.09. The minimum Gasteiger partial charge on any atom is -0.373 e. The summed E-state index contributed by atoms with van der Waals surface area (Å²) < 4.78 is 6.15. The number of piperidine rings is 1. The fraction of sp³-hybridized carbons (Fsp3) is 0.625. The van der Waals surface area contributed by atoms with E-state index >= 15 is 0 Å². The van der Waals surface area contributed by atoms with Gasteiger partial charge in [-0.3, -0.25) is 5.10 Å². The molecule has 6 heteroatoms. The van der Waals surface area contributed by atoms with Crippen LogP contribution in [0.3, 0.4) is 0 Å². The molecule has 3 N–H and O–H groups in total. The summed E-state index contributed by atoms with van der Waals surface area (Å²) >= 11 is 0. The number of anilines is 1. The van der Waals surface area contributed by atoms with E-state index in [0.29, 0.717) is 6.04 Å². The minimum absolute atomic E-state index is 0.0684. The lowest BCUT2D eigenvalue weighted by molar-refractivity contribution is -0.0192. The van der Waals surface area contributed by atoms with Crippen LogP contribution in [0.25, 0.3) is 11.0 Å². The van der Waals surface area contributed by atoms with Gasteiger partial charge in [-0.2, -0.15) is 5.10 Å². The molecule has 1 spiro atoms. The maximum Gasteiger partial charge on any atom is 0.157 e. The van der Waals surface area contributed by atoms with Crippen LogP contribution in [0.5, 0.6) is 0 Å². The number of nitrogens with zero attached hydrogens (tertiary/aromatic N) is 2. The van der Waals surface area contributed by atoms with Gasteiger partial charge in [0.25, 0.3) is 0 Å². The molecule has 2 aliphatic rings. The molecule has 1 unspecified atom stereocenters. The summed E-state index contributed by atoms with van der Waals surface area (Å²) in [6, 6.07) is 2.42. The molecule has 0 bridgehead atoms. The number of nitrogens with one attached hydrogen (secondary N) is 3. The highest BCUT2D eigenvalue weighted by atomic mass is 16.5. The molecule has 0 radical (unpaired) electrons. The maximum absolute atomic E-state index is 6.15. The highest BCUT2D eigenvalue weighted by Gasteiger charge is 2.41. The minimum atomic E-state index is 0.0684. The van der Waals surface area contributed by atoms with Gasteiger partial charge < -0.3 is 15.4 Å². The second-order valence-electron chi connectivity index (χ2n) is 6.67. The van der Waals surface area contributed by atoms with Crippen molar-refractivity contribution in [3.63, 3.8) is 0 Å². The van der Waals surface area contributed by atoms with Crippen molar-refractivity contribution < 1.29 is 4.74 Å². The average Bonchev–Trinajstić information content (AvgIpc) is 3.05. The summed E-state index contributed by atoms with van der Waals surface area (Å²) in [7, 11) is 0. The summed E-state index contributed by atoms with van der Waals surface area (Å²) in [5, 5.41) is 15.5. The highest BCUT2D eigenvalue weighted by molar-refractivity contribution is 5.90. The Morgan fingerprint density at radius 2 is 2.14 bits per heavy atom. The smallest absolute Gasteiger partial charge is 0.157 e. The molecule has 2 aromatic heterocycles. The Hall–Kier alpha value is -1.66. The Labute approximate surface area is 130 Å². The molecule has 2 aliphatic heterocycles. The molecule has 118 valence electrons. The molecular formula is C16H23N5O. The number of aryl methyl sites for hydroxylation is 2. The van der Waals surface area contributed by atoms with Crippen molar-refractivity contribution >= 4 is 16.9 Å². The predicted molar refractivity (Wildman–Crippen MR) is 86.2 cm³/mol. The standard InChI is InChI=1S/C16H23N5O/c1-10-7-11(2)18-14-13(10)15(21-20-14)19-12-8-16(22-9-12)3-5-17-6-4-16/h7,12,17H,3-6,8-9H2,1-2H3,(H2,18,19,20,21). The molecule has 4 heterocycles. The second kappa shape index (κ2) is 5.21. The highest BCUT2D eigenvalue weighted by Crippen LogP contribution is 2.35. The number of hydrogen-bond acceptors (Lipinski definition) is 5. The molecule has 0 aliphatic carbocycles. The van der Waals surface area contributed by atoms with Gasteiger partial charge in [-0.15, -0.1) is 0 Å². The Morgan fingerprint density at radius 1 is 1.32 bits per heavy atom. The largest absolute Gasteiger partial charge is 0.373 e. The van der Waals surface area contributed by atoms with Crippen LogP contribution in [0.2, 0.25) is 0 Å². The predicted octanol–water partition coefficient (Wildman–Crippen LogP) is 1.90. The monoisotopic (exact) mass is 301 g/mol. The Bertz CT molecular complexity index is 689. The van der Waals surface area contributed by atoms with E-state index in [1.165, 1.54) is 5.56 Å². The first-order chi connectivity index (χ1) is 10.7. The fourth-order valence-electron chi connectivity index (χ4n) is 3.85. The summed E-state index contributed by atoms with van der Waals surface area (Å²) in [6.07, 6.45) is 3.26. The number of aromatic nitrogens is 3. The second-order valence-corrected chi connectivity index (χ2v) is 6.67. The van der Waals surface area contributed by atoms with Crippen LogP contribution in [-0.4, -0.2) is 46.5 Å². The molecule has 2 aromatic rings. The van der Waals surface area contributed by atoms with E-state index in [4.69, 9.17) is 4.74 Å². The van der Waals surface area contributed by atoms with Crippen molar-refractivity contribution in [3.05, 3.63) is 17.3 Å². The van der Waals surface area contributed by atoms with E-state index in [1.807, 2.05) is 6.92 Å². The Morgan fingerprint density at radius 3 is 2.95 bits per heavy atom. The molecule has 22 heavy (non-hydrogen) atoms. The molecule has 0 aromatic carbocycles. The van der Waals surface area contributed by atoms with Gasteiger partial charge in [0.2, 0.25) is 0 Å². The van der Waals surface area contributed by atoms with Gasteiger partial charge in [0.15, 0.2) is 11.5 Å². The number of hydrogen-bond donors (Lipinski definition) is 3. The van der Waals surface area contributed by atoms with E-state index < -0.39 is 0 Å². The Kier molecular flexibility index (Phi) is 3.31. The zero-order chi connectivity index (χ0) is 15.2. The number of fused-ring (bicyclic) bond motifs is 1. The van der Waals surface area contributed by atoms with E-state index in [9.17, 15) is 0 Å². The number of rotatable bonds is 2. The third kappa shape index (κ3) is 2.36. The molecule has 6 nitrogen and oxygen atoms in total. The first-order valence-corrected chi connectivity index (χ1v) is 8.09. The fourth-order valence-corrected chi connectivity index (χ4v) is 3.85.